The van der Waals surface area contributed by atoms with E-state index in [4.69, 9.17) is 4.42 Å². The lowest BCUT2D eigenvalue weighted by Gasteiger charge is -2.27. The Kier molecular flexibility index (Phi) is 4.98. The highest BCUT2D eigenvalue weighted by molar-refractivity contribution is 7.26. The Balaban J connectivity index is 1.40. The lowest BCUT2D eigenvalue weighted by Crippen LogP contribution is -2.11. The second-order valence-corrected chi connectivity index (χ2v) is 11.8. The molecule has 7 aromatic carbocycles. The van der Waals surface area contributed by atoms with Gasteiger partial charge in [-0.2, -0.15) is 0 Å². The minimum Gasteiger partial charge on any atom is -0.454 e. The first-order valence-corrected chi connectivity index (χ1v) is 14.8. The Hall–Kier alpha value is -5.19. The highest BCUT2D eigenvalue weighted by Crippen LogP contribution is 2.48. The average Bonchev–Trinajstić information content (AvgIpc) is 3.59. The largest absolute Gasteiger partial charge is 0.454 e. The van der Waals surface area contributed by atoms with Crippen LogP contribution in [0.15, 0.2) is 138 Å². The smallest absolute Gasteiger partial charge is 0.159 e. The van der Waals surface area contributed by atoms with Crippen molar-refractivity contribution in [1.29, 1.82) is 0 Å². The van der Waals surface area contributed by atoms with E-state index in [1.807, 2.05) is 41.7 Å². The van der Waals surface area contributed by atoms with E-state index in [1.165, 1.54) is 48.5 Å². The van der Waals surface area contributed by atoms with Crippen LogP contribution in [-0.4, -0.2) is 0 Å². The number of nitrogens with zero attached hydrogens (tertiary/aromatic N) is 1. The number of para-hydroxylation sites is 2. The molecule has 2 heterocycles. The fourth-order valence-electron chi connectivity index (χ4n) is 6.40. The standard InChI is InChI=1S/C38H22FNOS/c39-25-16-18-26(19-17-25)40(32-14-7-13-30-28-11-5-6-15-34(28)41-38(30)32)33-22-36-37(29-12-4-3-10-27(29)33)31-20-23-8-1-2-9-24(23)21-35(31)42-36/h1-22H. The predicted octanol–water partition coefficient (Wildman–Crippen LogP) is 11.9. The lowest BCUT2D eigenvalue weighted by molar-refractivity contribution is 0.628. The van der Waals surface area contributed by atoms with E-state index in [1.54, 1.807) is 0 Å². The SMILES string of the molecule is Fc1ccc(N(c2cc3sc4cc5ccccc5cc4c3c3ccccc23)c2cccc3c2oc2ccccc23)cc1. The Morgan fingerprint density at radius 2 is 1.21 bits per heavy atom. The molecule has 0 bridgehead atoms. The van der Waals surface area contributed by atoms with Crippen LogP contribution in [0.4, 0.5) is 21.5 Å². The van der Waals surface area contributed by atoms with Crippen LogP contribution < -0.4 is 4.90 Å². The molecular formula is C38H22FNOS. The number of fused-ring (bicyclic) bond motifs is 9. The van der Waals surface area contributed by atoms with Gasteiger partial charge in [0.05, 0.1) is 11.4 Å². The van der Waals surface area contributed by atoms with Crippen molar-refractivity contribution >= 4 is 92.1 Å². The summed E-state index contributed by atoms with van der Waals surface area (Å²) in [5.74, 6) is -0.266. The van der Waals surface area contributed by atoms with Crippen LogP contribution in [0, 0.1) is 5.82 Å². The zero-order valence-electron chi connectivity index (χ0n) is 22.3. The molecule has 42 heavy (non-hydrogen) atoms. The topological polar surface area (TPSA) is 16.4 Å². The summed E-state index contributed by atoms with van der Waals surface area (Å²) < 4.78 is 23.2. The van der Waals surface area contributed by atoms with Gasteiger partial charge < -0.3 is 9.32 Å². The van der Waals surface area contributed by atoms with E-state index < -0.39 is 0 Å². The molecule has 2 nitrogen and oxygen atoms in total. The van der Waals surface area contributed by atoms with E-state index in [9.17, 15) is 4.39 Å². The molecule has 0 unspecified atom stereocenters. The maximum Gasteiger partial charge on any atom is 0.159 e. The Morgan fingerprint density at radius 1 is 0.524 bits per heavy atom. The molecule has 2 aromatic heterocycles. The molecule has 0 fully saturated rings. The second-order valence-electron chi connectivity index (χ2n) is 10.7. The van der Waals surface area contributed by atoms with Gasteiger partial charge in [0.1, 0.15) is 11.4 Å². The molecule has 0 radical (unpaired) electrons. The summed E-state index contributed by atoms with van der Waals surface area (Å²) in [4.78, 5) is 2.22. The van der Waals surface area contributed by atoms with Crippen LogP contribution in [0.2, 0.25) is 0 Å². The summed E-state index contributed by atoms with van der Waals surface area (Å²) in [5, 5.41) is 9.45. The number of hydrogen-bond donors (Lipinski definition) is 0. The monoisotopic (exact) mass is 559 g/mol. The summed E-state index contributed by atoms with van der Waals surface area (Å²) in [6.45, 7) is 0. The fraction of sp³-hybridized carbons (Fsp3) is 0. The molecule has 0 saturated heterocycles. The van der Waals surface area contributed by atoms with Gasteiger partial charge in [-0.3, -0.25) is 0 Å². The minimum absolute atomic E-state index is 0.266. The van der Waals surface area contributed by atoms with Gasteiger partial charge in [-0.1, -0.05) is 78.9 Å². The number of furan rings is 1. The molecule has 0 spiro atoms. The van der Waals surface area contributed by atoms with E-state index in [0.29, 0.717) is 0 Å². The molecule has 0 saturated carbocycles. The number of hydrogen-bond acceptors (Lipinski definition) is 3. The molecule has 198 valence electrons. The quantitative estimate of drug-likeness (QED) is 0.214. The third-order valence-electron chi connectivity index (χ3n) is 8.27. The van der Waals surface area contributed by atoms with E-state index in [2.05, 4.69) is 95.9 Å². The summed E-state index contributed by atoms with van der Waals surface area (Å²) in [6, 6.07) is 45.2. The van der Waals surface area contributed by atoms with Gasteiger partial charge in [-0.15, -0.1) is 11.3 Å². The van der Waals surface area contributed by atoms with Crippen LogP contribution in [-0.2, 0) is 0 Å². The Labute approximate surface area is 244 Å². The zero-order chi connectivity index (χ0) is 27.8. The predicted molar refractivity (Wildman–Crippen MR) is 176 cm³/mol. The van der Waals surface area contributed by atoms with Crippen LogP contribution in [0.1, 0.15) is 0 Å². The van der Waals surface area contributed by atoms with Gasteiger partial charge in [-0.05, 0) is 70.8 Å². The highest BCUT2D eigenvalue weighted by Gasteiger charge is 2.23. The summed E-state index contributed by atoms with van der Waals surface area (Å²) in [5.41, 5.74) is 4.44. The Morgan fingerprint density at radius 3 is 2.05 bits per heavy atom. The summed E-state index contributed by atoms with van der Waals surface area (Å²) >= 11 is 1.81. The number of thiophene rings is 1. The van der Waals surface area contributed by atoms with Gasteiger partial charge >= 0.3 is 0 Å². The van der Waals surface area contributed by atoms with Crippen molar-refractivity contribution in [1.82, 2.24) is 0 Å². The maximum atomic E-state index is 14.2. The molecule has 0 N–H and O–H groups in total. The molecule has 9 aromatic rings. The molecule has 9 rings (SSSR count). The van der Waals surface area contributed by atoms with Crippen molar-refractivity contribution in [2.24, 2.45) is 0 Å². The van der Waals surface area contributed by atoms with Gasteiger partial charge in [0.25, 0.3) is 0 Å². The third kappa shape index (κ3) is 3.42. The third-order valence-corrected chi connectivity index (χ3v) is 9.37. The maximum absolute atomic E-state index is 14.2. The van der Waals surface area contributed by atoms with Crippen LogP contribution in [0.25, 0.3) is 63.7 Å². The number of benzene rings is 7. The number of rotatable bonds is 3. The van der Waals surface area contributed by atoms with Crippen molar-refractivity contribution in [2.75, 3.05) is 4.90 Å². The lowest BCUT2D eigenvalue weighted by atomic mass is 9.99. The summed E-state index contributed by atoms with van der Waals surface area (Å²) in [6.07, 6.45) is 0. The normalized spacial score (nSPS) is 11.9. The first kappa shape index (κ1) is 23.5. The van der Waals surface area contributed by atoms with Crippen molar-refractivity contribution in [2.45, 2.75) is 0 Å². The minimum atomic E-state index is -0.266. The van der Waals surface area contributed by atoms with Crippen molar-refractivity contribution < 1.29 is 8.81 Å². The molecule has 0 aliphatic heterocycles. The molecule has 0 aliphatic rings. The van der Waals surface area contributed by atoms with Gasteiger partial charge in [0.2, 0.25) is 0 Å². The van der Waals surface area contributed by atoms with Crippen molar-refractivity contribution in [3.8, 4) is 0 Å². The van der Waals surface area contributed by atoms with Gasteiger partial charge in [0.15, 0.2) is 5.58 Å². The molecular weight excluding hydrogens is 537 g/mol. The molecule has 4 heteroatoms. The van der Waals surface area contributed by atoms with E-state index >= 15 is 0 Å². The zero-order valence-corrected chi connectivity index (χ0v) is 23.2. The average molecular weight is 560 g/mol. The molecule has 0 atom stereocenters. The van der Waals surface area contributed by atoms with E-state index in [-0.39, 0.29) is 5.82 Å². The van der Waals surface area contributed by atoms with Crippen LogP contribution in [0.3, 0.4) is 0 Å². The first-order chi connectivity index (χ1) is 20.7. The first-order valence-electron chi connectivity index (χ1n) is 14.0. The fourth-order valence-corrected chi connectivity index (χ4v) is 7.59. The molecule has 0 amide bonds. The van der Waals surface area contributed by atoms with Crippen LogP contribution >= 0.6 is 11.3 Å². The molecule has 0 aliphatic carbocycles. The van der Waals surface area contributed by atoms with E-state index in [0.717, 1.165) is 44.4 Å². The van der Waals surface area contributed by atoms with Gasteiger partial charge in [0, 0.05) is 42.0 Å². The second kappa shape index (κ2) is 8.90. The Bertz CT molecular complexity index is 2490. The van der Waals surface area contributed by atoms with Crippen molar-refractivity contribution in [3.63, 3.8) is 0 Å². The number of anilines is 3. The van der Waals surface area contributed by atoms with Crippen molar-refractivity contribution in [3.05, 3.63) is 139 Å². The number of halogens is 1. The highest BCUT2D eigenvalue weighted by atomic mass is 32.1. The summed E-state index contributed by atoms with van der Waals surface area (Å²) in [7, 11) is 0. The van der Waals surface area contributed by atoms with Gasteiger partial charge in [-0.25, -0.2) is 4.39 Å². The van der Waals surface area contributed by atoms with Crippen LogP contribution in [0.5, 0.6) is 0 Å².